The van der Waals surface area contributed by atoms with Crippen LogP contribution >= 0.6 is 11.3 Å². The molecule has 2 N–H and O–H groups in total. The lowest BCUT2D eigenvalue weighted by Crippen LogP contribution is -2.39. The number of nitrogens with zero attached hydrogens (tertiary/aromatic N) is 6. The maximum Gasteiger partial charge on any atom is 0.266 e. The Bertz CT molecular complexity index is 898. The van der Waals surface area contributed by atoms with Crippen molar-refractivity contribution >= 4 is 22.9 Å². The van der Waals surface area contributed by atoms with Crippen LogP contribution in [-0.2, 0) is 13.6 Å². The van der Waals surface area contributed by atoms with E-state index < -0.39 is 0 Å². The highest BCUT2D eigenvalue weighted by atomic mass is 32.1. The number of carbonyl (C=O) groups is 1. The first-order chi connectivity index (χ1) is 12.6. The molecule has 0 bridgehead atoms. The molecule has 26 heavy (non-hydrogen) atoms. The molecular weight excluding hydrogens is 350 g/mol. The lowest BCUT2D eigenvalue weighted by Gasteiger charge is -2.32. The Morgan fingerprint density at radius 3 is 3.04 bits per heavy atom. The molecule has 1 fully saturated rings. The summed E-state index contributed by atoms with van der Waals surface area (Å²) in [5.41, 5.74) is 6.47. The van der Waals surface area contributed by atoms with Gasteiger partial charge in [-0.25, -0.2) is 4.98 Å². The Hall–Kier alpha value is -2.68. The number of carbonyl (C=O) groups excluding carboxylic acids is 1. The molecule has 4 heterocycles. The molecule has 1 aliphatic rings. The first-order valence-electron chi connectivity index (χ1n) is 8.59. The number of aromatic nitrogens is 5. The van der Waals surface area contributed by atoms with Crippen molar-refractivity contribution in [3.8, 4) is 0 Å². The Labute approximate surface area is 155 Å². The molecule has 1 saturated heterocycles. The second-order valence-corrected chi connectivity index (χ2v) is 7.48. The number of likely N-dealkylation sites (tertiary alicyclic amines) is 1. The summed E-state index contributed by atoms with van der Waals surface area (Å²) < 4.78 is 4.00. The van der Waals surface area contributed by atoms with E-state index in [0.29, 0.717) is 23.7 Å². The smallest absolute Gasteiger partial charge is 0.266 e. The fraction of sp³-hybridized carbons (Fsp3) is 0.412. The average molecular weight is 371 g/mol. The number of nitrogens with two attached hydrogens (primary N) is 1. The lowest BCUT2D eigenvalue weighted by molar-refractivity contribution is 0.0709. The first kappa shape index (κ1) is 16.8. The molecule has 1 atom stereocenters. The Morgan fingerprint density at radius 1 is 1.42 bits per heavy atom. The van der Waals surface area contributed by atoms with Crippen LogP contribution in [0.4, 0.5) is 5.69 Å². The van der Waals surface area contributed by atoms with Crippen molar-refractivity contribution in [2.75, 3.05) is 18.8 Å². The van der Waals surface area contributed by atoms with Gasteiger partial charge in [-0.05, 0) is 24.3 Å². The van der Waals surface area contributed by atoms with E-state index in [9.17, 15) is 4.79 Å². The minimum Gasteiger partial charge on any atom is -0.397 e. The molecule has 4 rings (SSSR count). The van der Waals surface area contributed by atoms with Gasteiger partial charge in [-0.15, -0.1) is 21.5 Å². The van der Waals surface area contributed by atoms with Gasteiger partial charge in [0, 0.05) is 38.4 Å². The van der Waals surface area contributed by atoms with E-state index in [1.807, 2.05) is 32.7 Å². The molecule has 0 aliphatic carbocycles. The number of piperidine rings is 1. The molecule has 1 unspecified atom stereocenters. The Balaban J connectivity index is 1.50. The number of imidazole rings is 1. The minimum atomic E-state index is 0.0167. The standard InChI is InChI=1S/C17H21N7OS/c1-22-14(10-23-7-5-19-11-23)20-21-16(22)12-3-2-6-24(9-12)17(25)15-13(18)4-8-26-15/h4-5,7-8,11-12H,2-3,6,9-10,18H2,1H3. The fourth-order valence-corrected chi connectivity index (χ4v) is 4.21. The van der Waals surface area contributed by atoms with Crippen LogP contribution in [0.15, 0.2) is 30.2 Å². The van der Waals surface area contributed by atoms with Crippen LogP contribution in [0.5, 0.6) is 0 Å². The van der Waals surface area contributed by atoms with Crippen LogP contribution in [0.2, 0.25) is 0 Å². The summed E-state index contributed by atoms with van der Waals surface area (Å²) in [6.07, 6.45) is 7.37. The maximum atomic E-state index is 12.8. The molecule has 0 saturated carbocycles. The van der Waals surface area contributed by atoms with Gasteiger partial charge in [0.2, 0.25) is 0 Å². The Morgan fingerprint density at radius 2 is 2.31 bits per heavy atom. The van der Waals surface area contributed by atoms with Crippen molar-refractivity contribution < 1.29 is 4.79 Å². The van der Waals surface area contributed by atoms with Gasteiger partial charge in [-0.3, -0.25) is 4.79 Å². The molecule has 0 spiro atoms. The summed E-state index contributed by atoms with van der Waals surface area (Å²) in [6.45, 7) is 2.03. The Kier molecular flexibility index (Phi) is 4.46. The molecule has 3 aromatic rings. The number of hydrogen-bond donors (Lipinski definition) is 1. The van der Waals surface area contributed by atoms with Gasteiger partial charge in [0.15, 0.2) is 5.82 Å². The summed E-state index contributed by atoms with van der Waals surface area (Å²) in [5, 5.41) is 10.6. The number of hydrogen-bond acceptors (Lipinski definition) is 6. The molecule has 8 nitrogen and oxygen atoms in total. The van der Waals surface area contributed by atoms with Crippen molar-refractivity contribution in [3.63, 3.8) is 0 Å². The van der Waals surface area contributed by atoms with E-state index in [2.05, 4.69) is 15.2 Å². The van der Waals surface area contributed by atoms with E-state index in [0.717, 1.165) is 31.0 Å². The highest BCUT2D eigenvalue weighted by Crippen LogP contribution is 2.29. The molecule has 1 aliphatic heterocycles. The van der Waals surface area contributed by atoms with E-state index >= 15 is 0 Å². The fourth-order valence-electron chi connectivity index (χ4n) is 3.42. The van der Waals surface area contributed by atoms with Gasteiger partial charge in [-0.1, -0.05) is 0 Å². The summed E-state index contributed by atoms with van der Waals surface area (Å²) >= 11 is 1.40. The zero-order chi connectivity index (χ0) is 18.1. The van der Waals surface area contributed by atoms with Crippen molar-refractivity contribution in [1.82, 2.24) is 29.2 Å². The number of thiophene rings is 1. The van der Waals surface area contributed by atoms with Crippen LogP contribution in [0.25, 0.3) is 0 Å². The minimum absolute atomic E-state index is 0.0167. The monoisotopic (exact) mass is 371 g/mol. The van der Waals surface area contributed by atoms with Crippen LogP contribution in [0.3, 0.4) is 0 Å². The summed E-state index contributed by atoms with van der Waals surface area (Å²) in [5.74, 6) is 2.01. The van der Waals surface area contributed by atoms with E-state index in [1.54, 1.807) is 18.6 Å². The zero-order valence-corrected chi connectivity index (χ0v) is 15.4. The first-order valence-corrected chi connectivity index (χ1v) is 9.47. The van der Waals surface area contributed by atoms with Gasteiger partial charge >= 0.3 is 0 Å². The van der Waals surface area contributed by atoms with Crippen molar-refractivity contribution in [2.45, 2.75) is 25.3 Å². The normalized spacial score (nSPS) is 17.6. The lowest BCUT2D eigenvalue weighted by atomic mass is 9.97. The second kappa shape index (κ2) is 6.91. The summed E-state index contributed by atoms with van der Waals surface area (Å²) in [6, 6.07) is 1.78. The second-order valence-electron chi connectivity index (χ2n) is 6.56. The van der Waals surface area contributed by atoms with Gasteiger partial charge in [-0.2, -0.15) is 0 Å². The van der Waals surface area contributed by atoms with Crippen molar-refractivity contribution in [3.05, 3.63) is 46.7 Å². The van der Waals surface area contributed by atoms with E-state index in [1.165, 1.54) is 11.3 Å². The molecule has 9 heteroatoms. The van der Waals surface area contributed by atoms with E-state index in [-0.39, 0.29) is 11.8 Å². The highest BCUT2D eigenvalue weighted by molar-refractivity contribution is 7.12. The van der Waals surface area contributed by atoms with Gasteiger partial charge in [0.1, 0.15) is 10.7 Å². The van der Waals surface area contributed by atoms with Crippen LogP contribution in [0.1, 0.15) is 40.1 Å². The third-order valence-corrected chi connectivity index (χ3v) is 5.76. The molecule has 1 amide bonds. The molecule has 0 aromatic carbocycles. The third-order valence-electron chi connectivity index (χ3n) is 4.85. The summed E-state index contributed by atoms with van der Waals surface area (Å²) in [7, 11) is 1.99. The predicted molar refractivity (Wildman–Crippen MR) is 98.9 cm³/mol. The third kappa shape index (κ3) is 3.10. The van der Waals surface area contributed by atoms with Crippen molar-refractivity contribution in [1.29, 1.82) is 0 Å². The molecule has 0 radical (unpaired) electrons. The maximum absolute atomic E-state index is 12.8. The average Bonchev–Trinajstić information content (AvgIpc) is 3.38. The zero-order valence-electron chi connectivity index (χ0n) is 14.6. The SMILES string of the molecule is Cn1c(Cn2ccnc2)nnc1C1CCCN(C(=O)c2sccc2N)C1. The largest absolute Gasteiger partial charge is 0.397 e. The predicted octanol–water partition coefficient (Wildman–Crippen LogP) is 1.72. The topological polar surface area (TPSA) is 94.9 Å². The highest BCUT2D eigenvalue weighted by Gasteiger charge is 2.30. The van der Waals surface area contributed by atoms with Crippen molar-refractivity contribution in [2.24, 2.45) is 7.05 Å². The number of amides is 1. The van der Waals surface area contributed by atoms with Gasteiger partial charge in [0.05, 0.1) is 18.6 Å². The van der Waals surface area contributed by atoms with Gasteiger partial charge < -0.3 is 19.8 Å². The van der Waals surface area contributed by atoms with Crippen LogP contribution < -0.4 is 5.73 Å². The van der Waals surface area contributed by atoms with E-state index in [4.69, 9.17) is 5.73 Å². The number of anilines is 1. The number of rotatable bonds is 4. The molecule has 3 aromatic heterocycles. The van der Waals surface area contributed by atoms with Crippen LogP contribution in [0, 0.1) is 0 Å². The quantitative estimate of drug-likeness (QED) is 0.753. The number of nitrogen functional groups attached to an aromatic ring is 1. The molecular formula is C17H21N7OS. The molecule has 136 valence electrons. The van der Waals surface area contributed by atoms with Gasteiger partial charge in [0.25, 0.3) is 5.91 Å². The van der Waals surface area contributed by atoms with Crippen LogP contribution in [-0.4, -0.2) is 48.2 Å². The summed E-state index contributed by atoms with van der Waals surface area (Å²) in [4.78, 5) is 19.3.